The van der Waals surface area contributed by atoms with E-state index in [0.717, 1.165) is 70.6 Å². The first-order valence-corrected chi connectivity index (χ1v) is 15.7. The Labute approximate surface area is 239 Å². The van der Waals surface area contributed by atoms with Crippen molar-refractivity contribution in [3.8, 4) is 0 Å². The first kappa shape index (κ1) is 36.9. The highest BCUT2D eigenvalue weighted by Crippen LogP contribution is 2.11. The monoisotopic (exact) mass is 546 g/mol. The Morgan fingerprint density at radius 1 is 0.615 bits per heavy atom. The van der Waals surface area contributed by atoms with Gasteiger partial charge in [0.2, 0.25) is 0 Å². The van der Waals surface area contributed by atoms with Gasteiger partial charge >= 0.3 is 11.9 Å². The number of esters is 2. The minimum atomic E-state index is -0.774. The molecule has 0 fully saturated rings. The fourth-order valence-electron chi connectivity index (χ4n) is 4.01. The number of allylic oxidation sites excluding steroid dienone is 8. The molecule has 0 spiro atoms. The zero-order chi connectivity index (χ0) is 28.7. The summed E-state index contributed by atoms with van der Waals surface area (Å²) in [5.74, 6) is -0.623. The Morgan fingerprint density at radius 3 is 1.67 bits per heavy atom. The summed E-state index contributed by atoms with van der Waals surface area (Å²) in [6.07, 6.45) is 36.1. The van der Waals surface area contributed by atoms with E-state index in [1.165, 1.54) is 38.5 Å². The summed E-state index contributed by atoms with van der Waals surface area (Å²) < 4.78 is 10.5. The van der Waals surface area contributed by atoms with Crippen molar-refractivity contribution in [1.82, 2.24) is 0 Å². The van der Waals surface area contributed by atoms with Crippen LogP contribution in [-0.4, -0.2) is 36.4 Å². The van der Waals surface area contributed by atoms with Crippen LogP contribution in [0.15, 0.2) is 48.6 Å². The molecule has 1 N–H and O–H groups in total. The van der Waals surface area contributed by atoms with Gasteiger partial charge in [0.05, 0.1) is 6.61 Å². The molecule has 0 aliphatic carbocycles. The molecule has 0 radical (unpaired) electrons. The number of carbonyl (C=O) groups excluding carboxylic acids is 2. The van der Waals surface area contributed by atoms with E-state index in [2.05, 4.69) is 62.5 Å². The number of ether oxygens (including phenoxy) is 2. The van der Waals surface area contributed by atoms with Gasteiger partial charge in [0.25, 0.3) is 0 Å². The lowest BCUT2D eigenvalue weighted by atomic mass is 10.1. The van der Waals surface area contributed by atoms with E-state index >= 15 is 0 Å². The Balaban J connectivity index is 3.62. The summed E-state index contributed by atoms with van der Waals surface area (Å²) >= 11 is 0. The highest BCUT2D eigenvalue weighted by molar-refractivity contribution is 5.70. The normalized spacial score (nSPS) is 12.8. The van der Waals surface area contributed by atoms with Crippen LogP contribution >= 0.6 is 0 Å². The van der Waals surface area contributed by atoms with Gasteiger partial charge in [-0.15, -0.1) is 0 Å². The van der Waals surface area contributed by atoms with Crippen molar-refractivity contribution < 1.29 is 24.2 Å². The lowest BCUT2D eigenvalue weighted by molar-refractivity contribution is -0.161. The molecular formula is C34H58O5. The summed E-state index contributed by atoms with van der Waals surface area (Å²) in [5.41, 5.74) is 0. The van der Waals surface area contributed by atoms with Crippen molar-refractivity contribution in [2.45, 2.75) is 142 Å². The Bertz CT molecular complexity index is 677. The zero-order valence-corrected chi connectivity index (χ0v) is 25.1. The number of rotatable bonds is 27. The molecule has 0 aliphatic heterocycles. The van der Waals surface area contributed by atoms with Gasteiger partial charge in [-0.05, 0) is 51.4 Å². The van der Waals surface area contributed by atoms with Gasteiger partial charge in [-0.2, -0.15) is 0 Å². The largest absolute Gasteiger partial charge is 0.462 e. The third kappa shape index (κ3) is 28.7. The van der Waals surface area contributed by atoms with E-state index in [-0.39, 0.29) is 25.2 Å². The standard InChI is InChI=1S/C34H58O5/c1-3-5-7-9-11-12-13-14-15-16-17-18-19-20-21-22-23-25-27-29-34(37)39-32(30-35)31-38-33(36)28-26-24-10-8-6-4-2/h5,7,11-12,14-15,17-18,32,35H,3-4,6,8-10,13,16,19-31H2,1-2H3/b7-5-,12-11-,15-14-,18-17-. The number of hydrogen-bond acceptors (Lipinski definition) is 5. The molecule has 224 valence electrons. The lowest BCUT2D eigenvalue weighted by Crippen LogP contribution is -2.28. The minimum absolute atomic E-state index is 0.0732. The Morgan fingerprint density at radius 2 is 1.10 bits per heavy atom. The van der Waals surface area contributed by atoms with Crippen molar-refractivity contribution in [2.24, 2.45) is 0 Å². The van der Waals surface area contributed by atoms with E-state index in [4.69, 9.17) is 9.47 Å². The average Bonchev–Trinajstić information content (AvgIpc) is 2.94. The number of unbranched alkanes of at least 4 members (excludes halogenated alkanes) is 11. The van der Waals surface area contributed by atoms with E-state index in [1.807, 2.05) is 0 Å². The zero-order valence-electron chi connectivity index (χ0n) is 25.1. The van der Waals surface area contributed by atoms with Gasteiger partial charge < -0.3 is 14.6 Å². The maximum absolute atomic E-state index is 12.0. The van der Waals surface area contributed by atoms with Crippen molar-refractivity contribution in [1.29, 1.82) is 0 Å². The first-order chi connectivity index (χ1) is 19.1. The predicted molar refractivity (Wildman–Crippen MR) is 164 cm³/mol. The molecule has 5 nitrogen and oxygen atoms in total. The summed E-state index contributed by atoms with van der Waals surface area (Å²) in [6, 6.07) is 0. The van der Waals surface area contributed by atoms with Crippen molar-refractivity contribution in [3.63, 3.8) is 0 Å². The van der Waals surface area contributed by atoms with Crippen LogP contribution in [0.3, 0.4) is 0 Å². The number of aliphatic hydroxyl groups is 1. The molecule has 0 saturated carbocycles. The fourth-order valence-corrected chi connectivity index (χ4v) is 4.01. The smallest absolute Gasteiger partial charge is 0.306 e. The molecule has 0 heterocycles. The fraction of sp³-hybridized carbons (Fsp3) is 0.706. The van der Waals surface area contributed by atoms with Crippen LogP contribution in [0, 0.1) is 0 Å². The van der Waals surface area contributed by atoms with Crippen LogP contribution < -0.4 is 0 Å². The number of aliphatic hydroxyl groups excluding tert-OH is 1. The molecule has 0 aromatic carbocycles. The van der Waals surface area contributed by atoms with Crippen LogP contribution in [0.1, 0.15) is 136 Å². The molecule has 0 aromatic heterocycles. The van der Waals surface area contributed by atoms with Gasteiger partial charge in [0.1, 0.15) is 6.61 Å². The second-order valence-corrected chi connectivity index (χ2v) is 10.2. The third-order valence-corrected chi connectivity index (χ3v) is 6.39. The third-order valence-electron chi connectivity index (χ3n) is 6.39. The Hall–Kier alpha value is -2.14. The average molecular weight is 547 g/mol. The van der Waals surface area contributed by atoms with Gasteiger partial charge in [0.15, 0.2) is 6.10 Å². The maximum Gasteiger partial charge on any atom is 0.306 e. The lowest BCUT2D eigenvalue weighted by Gasteiger charge is -2.15. The topological polar surface area (TPSA) is 72.8 Å². The second-order valence-electron chi connectivity index (χ2n) is 10.2. The van der Waals surface area contributed by atoms with Crippen LogP contribution in [0.25, 0.3) is 0 Å². The first-order valence-electron chi connectivity index (χ1n) is 15.7. The quantitative estimate of drug-likeness (QED) is 0.0632. The minimum Gasteiger partial charge on any atom is -0.462 e. The van der Waals surface area contributed by atoms with Crippen molar-refractivity contribution >= 4 is 11.9 Å². The van der Waals surface area contributed by atoms with Gasteiger partial charge in [-0.1, -0.05) is 120 Å². The van der Waals surface area contributed by atoms with Crippen LogP contribution in [0.2, 0.25) is 0 Å². The maximum atomic E-state index is 12.0. The van der Waals surface area contributed by atoms with E-state index in [1.54, 1.807) is 0 Å². The molecule has 0 amide bonds. The van der Waals surface area contributed by atoms with Gasteiger partial charge in [0, 0.05) is 12.8 Å². The van der Waals surface area contributed by atoms with Crippen LogP contribution in [0.4, 0.5) is 0 Å². The molecule has 5 heteroatoms. The summed E-state index contributed by atoms with van der Waals surface area (Å²) in [7, 11) is 0. The number of carbonyl (C=O) groups is 2. The molecule has 0 rings (SSSR count). The molecule has 39 heavy (non-hydrogen) atoms. The SMILES string of the molecule is CC/C=C\C/C=C\C/C=C\C/C=C\CCCCCCCCC(=O)OC(CO)COC(=O)CCCCCCCC. The molecule has 0 bridgehead atoms. The predicted octanol–water partition coefficient (Wildman–Crippen LogP) is 9.11. The molecule has 0 aliphatic rings. The summed E-state index contributed by atoms with van der Waals surface area (Å²) in [5, 5.41) is 9.44. The molecule has 1 unspecified atom stereocenters. The number of hydrogen-bond donors (Lipinski definition) is 1. The molecule has 0 aromatic rings. The molecule has 1 atom stereocenters. The highest BCUT2D eigenvalue weighted by Gasteiger charge is 2.16. The van der Waals surface area contributed by atoms with E-state index < -0.39 is 6.10 Å². The molecular weight excluding hydrogens is 488 g/mol. The van der Waals surface area contributed by atoms with Crippen LogP contribution in [-0.2, 0) is 19.1 Å². The van der Waals surface area contributed by atoms with Gasteiger partial charge in [-0.3, -0.25) is 9.59 Å². The second kappa shape index (κ2) is 30.4. The van der Waals surface area contributed by atoms with Crippen molar-refractivity contribution in [2.75, 3.05) is 13.2 Å². The Kier molecular flexibility index (Phi) is 28.7. The van der Waals surface area contributed by atoms with Crippen LogP contribution in [0.5, 0.6) is 0 Å². The van der Waals surface area contributed by atoms with Crippen molar-refractivity contribution in [3.05, 3.63) is 48.6 Å². The highest BCUT2D eigenvalue weighted by atomic mass is 16.6. The molecule has 0 saturated heterocycles. The van der Waals surface area contributed by atoms with Gasteiger partial charge in [-0.25, -0.2) is 0 Å². The summed E-state index contributed by atoms with van der Waals surface area (Å²) in [4.78, 5) is 23.9. The summed E-state index contributed by atoms with van der Waals surface area (Å²) in [6.45, 7) is 3.92. The van der Waals surface area contributed by atoms with E-state index in [0.29, 0.717) is 12.8 Å². The van der Waals surface area contributed by atoms with E-state index in [9.17, 15) is 14.7 Å².